The van der Waals surface area contributed by atoms with Gasteiger partial charge in [0.15, 0.2) is 0 Å². The van der Waals surface area contributed by atoms with E-state index in [-0.39, 0.29) is 0 Å². The smallest absolute Gasteiger partial charge is 0.00927 e. The fraction of sp³-hybridized carbons (Fsp3) is 0.778. The van der Waals surface area contributed by atoms with Crippen molar-refractivity contribution in [1.29, 1.82) is 0 Å². The molecule has 0 radical (unpaired) electrons. The summed E-state index contributed by atoms with van der Waals surface area (Å²) in [5, 5.41) is 0. The molecular formula is C18H34S. The third-order valence-electron chi connectivity index (χ3n) is 3.61. The summed E-state index contributed by atoms with van der Waals surface area (Å²) in [6.07, 6.45) is 9.50. The van der Waals surface area contributed by atoms with Crippen molar-refractivity contribution in [3.63, 3.8) is 0 Å². The van der Waals surface area contributed by atoms with Crippen LogP contribution >= 0.6 is 12.6 Å². The van der Waals surface area contributed by atoms with Gasteiger partial charge in [0.05, 0.1) is 0 Å². The van der Waals surface area contributed by atoms with Crippen LogP contribution in [-0.4, -0.2) is 5.75 Å². The van der Waals surface area contributed by atoms with Crippen LogP contribution in [0.5, 0.6) is 0 Å². The molecule has 0 fully saturated rings. The van der Waals surface area contributed by atoms with Crippen LogP contribution in [0.15, 0.2) is 23.3 Å². The molecule has 0 amide bonds. The van der Waals surface area contributed by atoms with Crippen molar-refractivity contribution in [3.05, 3.63) is 23.3 Å². The highest BCUT2D eigenvalue weighted by molar-refractivity contribution is 7.80. The molecule has 0 aliphatic heterocycles. The van der Waals surface area contributed by atoms with E-state index in [1.807, 2.05) is 0 Å². The van der Waals surface area contributed by atoms with E-state index in [1.165, 1.54) is 30.4 Å². The summed E-state index contributed by atoms with van der Waals surface area (Å²) in [5.74, 6) is 0.978. The molecule has 0 aromatic carbocycles. The van der Waals surface area contributed by atoms with Gasteiger partial charge < -0.3 is 0 Å². The van der Waals surface area contributed by atoms with Crippen molar-refractivity contribution < 1.29 is 0 Å². The molecule has 0 aromatic heterocycles. The van der Waals surface area contributed by atoms with Crippen LogP contribution < -0.4 is 0 Å². The molecule has 0 atom stereocenters. The van der Waals surface area contributed by atoms with Gasteiger partial charge in [0.2, 0.25) is 0 Å². The lowest BCUT2D eigenvalue weighted by Gasteiger charge is -2.25. The van der Waals surface area contributed by atoms with Gasteiger partial charge in [-0.2, -0.15) is 12.6 Å². The summed E-state index contributed by atoms with van der Waals surface area (Å²) in [6.45, 7) is 16.0. The predicted octanol–water partition coefficient (Wildman–Crippen LogP) is 6.44. The Kier molecular flexibility index (Phi) is 8.12. The van der Waals surface area contributed by atoms with E-state index < -0.39 is 0 Å². The third-order valence-corrected chi connectivity index (χ3v) is 3.84. The van der Waals surface area contributed by atoms with Crippen LogP contribution in [0.4, 0.5) is 0 Å². The Hall–Kier alpha value is -0.170. The number of thiol groups is 1. The SMILES string of the molecule is CC(C)=CCC(C)(C)C/C(C)=C/CC(C)(C)CCS. The zero-order valence-corrected chi connectivity index (χ0v) is 15.0. The first-order chi connectivity index (χ1) is 8.58. The Morgan fingerprint density at radius 2 is 1.42 bits per heavy atom. The topological polar surface area (TPSA) is 0 Å². The van der Waals surface area contributed by atoms with E-state index >= 15 is 0 Å². The minimum Gasteiger partial charge on any atom is -0.179 e. The van der Waals surface area contributed by atoms with Crippen LogP contribution in [0.1, 0.15) is 74.1 Å². The highest BCUT2D eigenvalue weighted by Crippen LogP contribution is 2.32. The standard InChI is InChI=1S/C18H34S/c1-15(2)8-10-18(6,7)14-16(3)9-11-17(4,5)12-13-19/h8-9,19H,10-14H2,1-7H3/b16-9+. The molecule has 0 nitrogen and oxygen atoms in total. The summed E-state index contributed by atoms with van der Waals surface area (Å²) < 4.78 is 0. The molecule has 0 saturated carbocycles. The van der Waals surface area contributed by atoms with E-state index in [2.05, 4.69) is 73.2 Å². The highest BCUT2D eigenvalue weighted by Gasteiger charge is 2.18. The molecule has 0 saturated heterocycles. The van der Waals surface area contributed by atoms with Crippen LogP contribution in [0.3, 0.4) is 0 Å². The van der Waals surface area contributed by atoms with Gasteiger partial charge in [-0.1, -0.05) is 51.0 Å². The minimum absolute atomic E-state index is 0.367. The zero-order chi connectivity index (χ0) is 15.1. The lowest BCUT2D eigenvalue weighted by Crippen LogP contribution is -2.13. The summed E-state index contributed by atoms with van der Waals surface area (Å²) in [5.41, 5.74) is 3.70. The first-order valence-electron chi connectivity index (χ1n) is 7.48. The van der Waals surface area contributed by atoms with Gasteiger partial charge in [-0.25, -0.2) is 0 Å². The second-order valence-electron chi connectivity index (χ2n) is 7.72. The average Bonchev–Trinajstić information content (AvgIpc) is 2.23. The molecule has 0 N–H and O–H groups in total. The van der Waals surface area contributed by atoms with E-state index in [1.54, 1.807) is 0 Å². The monoisotopic (exact) mass is 282 g/mol. The third kappa shape index (κ3) is 10.3. The minimum atomic E-state index is 0.367. The molecule has 0 rings (SSSR count). The van der Waals surface area contributed by atoms with E-state index in [9.17, 15) is 0 Å². The largest absolute Gasteiger partial charge is 0.179 e. The summed E-state index contributed by atoms with van der Waals surface area (Å²) in [4.78, 5) is 0. The van der Waals surface area contributed by atoms with Crippen molar-refractivity contribution in [3.8, 4) is 0 Å². The van der Waals surface area contributed by atoms with E-state index in [0.29, 0.717) is 10.8 Å². The van der Waals surface area contributed by atoms with Gasteiger partial charge in [0.25, 0.3) is 0 Å². The van der Waals surface area contributed by atoms with Gasteiger partial charge >= 0.3 is 0 Å². The Morgan fingerprint density at radius 1 is 0.895 bits per heavy atom. The van der Waals surface area contributed by atoms with Crippen LogP contribution in [0.2, 0.25) is 0 Å². The molecule has 19 heavy (non-hydrogen) atoms. The van der Waals surface area contributed by atoms with Gasteiger partial charge in [-0.15, -0.1) is 0 Å². The zero-order valence-electron chi connectivity index (χ0n) is 14.1. The number of hydrogen-bond donors (Lipinski definition) is 1. The molecule has 0 aromatic rings. The summed E-state index contributed by atoms with van der Waals surface area (Å²) >= 11 is 4.35. The molecule has 0 unspecified atom stereocenters. The molecule has 112 valence electrons. The quantitative estimate of drug-likeness (QED) is 0.384. The van der Waals surface area contributed by atoms with Gasteiger partial charge in [-0.3, -0.25) is 0 Å². The van der Waals surface area contributed by atoms with Gasteiger partial charge in [-0.05, 0) is 63.0 Å². The molecule has 0 aliphatic rings. The second-order valence-corrected chi connectivity index (χ2v) is 8.17. The fourth-order valence-electron chi connectivity index (χ4n) is 2.23. The lowest BCUT2D eigenvalue weighted by molar-refractivity contribution is 0.350. The number of allylic oxidation sites excluding steroid dienone is 4. The maximum Gasteiger partial charge on any atom is -0.00927 e. The van der Waals surface area contributed by atoms with Gasteiger partial charge in [0, 0.05) is 0 Å². The first kappa shape index (κ1) is 18.8. The molecule has 1 heteroatoms. The maximum atomic E-state index is 4.35. The predicted molar refractivity (Wildman–Crippen MR) is 93.1 cm³/mol. The van der Waals surface area contributed by atoms with Crippen molar-refractivity contribution >= 4 is 12.6 Å². The lowest BCUT2D eigenvalue weighted by atomic mass is 9.80. The second kappa shape index (κ2) is 8.19. The van der Waals surface area contributed by atoms with E-state index in [0.717, 1.165) is 12.2 Å². The Morgan fingerprint density at radius 3 is 1.89 bits per heavy atom. The van der Waals surface area contributed by atoms with E-state index in [4.69, 9.17) is 0 Å². The maximum absolute atomic E-state index is 4.35. The highest BCUT2D eigenvalue weighted by atomic mass is 32.1. The number of hydrogen-bond acceptors (Lipinski definition) is 1. The average molecular weight is 283 g/mol. The van der Waals surface area contributed by atoms with Crippen LogP contribution in [0.25, 0.3) is 0 Å². The molecule has 0 spiro atoms. The first-order valence-corrected chi connectivity index (χ1v) is 8.11. The molecule has 0 heterocycles. The van der Waals surface area contributed by atoms with Crippen molar-refractivity contribution in [2.24, 2.45) is 10.8 Å². The van der Waals surface area contributed by atoms with Crippen molar-refractivity contribution in [2.45, 2.75) is 74.1 Å². The normalized spacial score (nSPS) is 13.6. The number of rotatable bonds is 8. The Balaban J connectivity index is 4.42. The Bertz CT molecular complexity index is 315. The fourth-order valence-corrected chi connectivity index (χ4v) is 2.84. The van der Waals surface area contributed by atoms with Crippen LogP contribution in [-0.2, 0) is 0 Å². The summed E-state index contributed by atoms with van der Waals surface area (Å²) in [6, 6.07) is 0. The molecule has 0 aliphatic carbocycles. The molecular weight excluding hydrogens is 248 g/mol. The molecule has 0 bridgehead atoms. The van der Waals surface area contributed by atoms with Crippen LogP contribution in [0, 0.1) is 10.8 Å². The summed E-state index contributed by atoms with van der Waals surface area (Å²) in [7, 11) is 0. The van der Waals surface area contributed by atoms with Crippen molar-refractivity contribution in [1.82, 2.24) is 0 Å². The van der Waals surface area contributed by atoms with Gasteiger partial charge in [0.1, 0.15) is 0 Å². The Labute approximate surface area is 127 Å². The van der Waals surface area contributed by atoms with Crippen molar-refractivity contribution in [2.75, 3.05) is 5.75 Å².